The molecule has 1 aliphatic carbocycles. The number of fused-ring (bicyclic) bond motifs is 2. The van der Waals surface area contributed by atoms with Crippen LogP contribution in [-0.4, -0.2) is 45.4 Å². The Morgan fingerprint density at radius 2 is 1.64 bits per heavy atom. The molecule has 7 heteroatoms. The summed E-state index contributed by atoms with van der Waals surface area (Å²) in [6.45, 7) is 1.44. The van der Waals surface area contributed by atoms with E-state index in [1.54, 1.807) is 17.5 Å². The van der Waals surface area contributed by atoms with Crippen molar-refractivity contribution < 1.29 is 17.9 Å². The summed E-state index contributed by atoms with van der Waals surface area (Å²) < 4.78 is 33.7. The Morgan fingerprint density at radius 1 is 0.909 bits per heavy atom. The van der Waals surface area contributed by atoms with E-state index in [0.717, 1.165) is 49.1 Å². The van der Waals surface area contributed by atoms with Crippen molar-refractivity contribution in [2.75, 3.05) is 31.6 Å². The molecule has 6 nitrogen and oxygen atoms in total. The fraction of sp³-hybridized carbons (Fsp3) is 0.500. The maximum atomic E-state index is 13.5. The Bertz CT molecular complexity index is 1140. The van der Waals surface area contributed by atoms with Gasteiger partial charge in [-0.05, 0) is 86.3 Å². The third-order valence-electron chi connectivity index (χ3n) is 7.43. The third kappa shape index (κ3) is 4.17. The van der Waals surface area contributed by atoms with Crippen LogP contribution < -0.4 is 9.64 Å². The number of aryl methyl sites for hydroxylation is 3. The van der Waals surface area contributed by atoms with Gasteiger partial charge in [-0.1, -0.05) is 18.2 Å². The summed E-state index contributed by atoms with van der Waals surface area (Å²) in [6, 6.07) is 11.5. The third-order valence-corrected chi connectivity index (χ3v) is 9.32. The Balaban J connectivity index is 1.30. The van der Waals surface area contributed by atoms with Crippen molar-refractivity contribution >= 4 is 21.6 Å². The number of ether oxygens (including phenoxy) is 1. The Morgan fingerprint density at radius 3 is 2.39 bits per heavy atom. The number of carbonyl (C=O) groups is 1. The number of hydrogen-bond acceptors (Lipinski definition) is 4. The maximum Gasteiger partial charge on any atom is 0.243 e. The van der Waals surface area contributed by atoms with Crippen LogP contribution >= 0.6 is 0 Å². The quantitative estimate of drug-likeness (QED) is 0.681. The summed E-state index contributed by atoms with van der Waals surface area (Å²) in [4.78, 5) is 15.7. The summed E-state index contributed by atoms with van der Waals surface area (Å²) in [5.74, 6) is 0.648. The summed E-state index contributed by atoms with van der Waals surface area (Å²) >= 11 is 0. The van der Waals surface area contributed by atoms with E-state index in [4.69, 9.17) is 4.74 Å². The molecular weight excluding hydrogens is 436 g/mol. The Hall–Kier alpha value is -2.38. The van der Waals surface area contributed by atoms with Gasteiger partial charge in [0.15, 0.2) is 0 Å². The van der Waals surface area contributed by atoms with Gasteiger partial charge in [-0.2, -0.15) is 4.31 Å². The minimum atomic E-state index is -3.54. The fourth-order valence-corrected chi connectivity index (χ4v) is 7.10. The van der Waals surface area contributed by atoms with E-state index in [1.165, 1.54) is 17.5 Å². The zero-order valence-corrected chi connectivity index (χ0v) is 20.1. The average Bonchev–Trinajstić information content (AvgIpc) is 2.87. The first-order valence-electron chi connectivity index (χ1n) is 12.1. The molecule has 1 saturated heterocycles. The van der Waals surface area contributed by atoms with E-state index < -0.39 is 10.0 Å². The van der Waals surface area contributed by atoms with Gasteiger partial charge in [-0.3, -0.25) is 4.79 Å². The van der Waals surface area contributed by atoms with Crippen molar-refractivity contribution in [2.24, 2.45) is 5.92 Å². The maximum absolute atomic E-state index is 13.5. The van der Waals surface area contributed by atoms with E-state index in [1.807, 2.05) is 29.2 Å². The molecule has 2 aliphatic heterocycles. The standard InChI is InChI=1S/C26H32N2O4S/c1-32-24-10-4-8-20-9-5-15-28(25(20)24)26(29)21-13-16-27(17-14-21)33(30,31)23-12-11-19-6-2-3-7-22(19)18-23/h4,8,10-12,18,21H,2-3,5-7,9,13-17H2,1H3. The molecule has 0 atom stereocenters. The zero-order valence-electron chi connectivity index (χ0n) is 19.3. The number of rotatable bonds is 4. The van der Waals surface area contributed by atoms with Gasteiger partial charge in [-0.25, -0.2) is 8.42 Å². The van der Waals surface area contributed by atoms with Crippen molar-refractivity contribution in [3.05, 3.63) is 53.1 Å². The van der Waals surface area contributed by atoms with Gasteiger partial charge in [0.1, 0.15) is 5.75 Å². The lowest BCUT2D eigenvalue weighted by atomic mass is 9.92. The molecule has 176 valence electrons. The minimum Gasteiger partial charge on any atom is -0.495 e. The van der Waals surface area contributed by atoms with Crippen molar-refractivity contribution in [3.8, 4) is 5.75 Å². The average molecular weight is 469 g/mol. The summed E-state index contributed by atoms with van der Waals surface area (Å²) in [6.07, 6.45) is 7.24. The minimum absolute atomic E-state index is 0.0891. The first-order chi connectivity index (χ1) is 16.0. The van der Waals surface area contributed by atoms with Gasteiger partial charge in [0, 0.05) is 25.6 Å². The molecule has 0 saturated carbocycles. The van der Waals surface area contributed by atoms with Gasteiger partial charge in [0.25, 0.3) is 0 Å². The highest BCUT2D eigenvalue weighted by Crippen LogP contribution is 2.38. The molecule has 0 bridgehead atoms. The number of para-hydroxylation sites is 1. The smallest absolute Gasteiger partial charge is 0.243 e. The lowest BCUT2D eigenvalue weighted by Gasteiger charge is -2.36. The van der Waals surface area contributed by atoms with Crippen LogP contribution in [0.2, 0.25) is 0 Å². The molecule has 0 unspecified atom stereocenters. The number of hydrogen-bond donors (Lipinski definition) is 0. The molecule has 0 aromatic heterocycles. The van der Waals surface area contributed by atoms with Crippen LogP contribution in [0.1, 0.15) is 48.8 Å². The van der Waals surface area contributed by atoms with Crippen LogP contribution in [0.3, 0.4) is 0 Å². The monoisotopic (exact) mass is 468 g/mol. The number of methoxy groups -OCH3 is 1. The Labute approximate surface area is 196 Å². The highest BCUT2D eigenvalue weighted by molar-refractivity contribution is 7.89. The lowest BCUT2D eigenvalue weighted by molar-refractivity contribution is -0.123. The van der Waals surface area contributed by atoms with E-state index in [9.17, 15) is 13.2 Å². The van der Waals surface area contributed by atoms with Gasteiger partial charge >= 0.3 is 0 Å². The predicted molar refractivity (Wildman–Crippen MR) is 128 cm³/mol. The van der Waals surface area contributed by atoms with E-state index >= 15 is 0 Å². The molecule has 2 aromatic rings. The molecule has 0 N–H and O–H groups in total. The topological polar surface area (TPSA) is 66.9 Å². The van der Waals surface area contributed by atoms with E-state index in [2.05, 4.69) is 6.07 Å². The second-order valence-electron chi connectivity index (χ2n) is 9.38. The molecule has 1 amide bonds. The fourth-order valence-electron chi connectivity index (χ4n) is 5.58. The lowest BCUT2D eigenvalue weighted by Crippen LogP contribution is -2.45. The van der Waals surface area contributed by atoms with Crippen LogP contribution in [0.4, 0.5) is 5.69 Å². The van der Waals surface area contributed by atoms with Crippen LogP contribution in [0.25, 0.3) is 0 Å². The van der Waals surface area contributed by atoms with Gasteiger partial charge < -0.3 is 9.64 Å². The van der Waals surface area contributed by atoms with Gasteiger partial charge in [-0.15, -0.1) is 0 Å². The number of piperidine rings is 1. The molecule has 1 fully saturated rings. The summed E-state index contributed by atoms with van der Waals surface area (Å²) in [7, 11) is -1.90. The number of sulfonamides is 1. The molecule has 3 aliphatic rings. The second-order valence-corrected chi connectivity index (χ2v) is 11.3. The number of benzene rings is 2. The largest absolute Gasteiger partial charge is 0.495 e. The normalized spacial score (nSPS) is 19.6. The van der Waals surface area contributed by atoms with Gasteiger partial charge in [0.2, 0.25) is 15.9 Å². The second kappa shape index (κ2) is 9.11. The van der Waals surface area contributed by atoms with Crippen molar-refractivity contribution in [1.82, 2.24) is 4.31 Å². The van der Waals surface area contributed by atoms with Crippen molar-refractivity contribution in [3.63, 3.8) is 0 Å². The molecule has 5 rings (SSSR count). The SMILES string of the molecule is COc1cccc2c1N(C(=O)C1CCN(S(=O)(=O)c3ccc4c(c3)CCCC4)CC1)CCC2. The van der Waals surface area contributed by atoms with Crippen molar-refractivity contribution in [1.29, 1.82) is 0 Å². The predicted octanol–water partition coefficient (Wildman–Crippen LogP) is 3.95. The first-order valence-corrected chi connectivity index (χ1v) is 13.5. The summed E-state index contributed by atoms with van der Waals surface area (Å²) in [5.41, 5.74) is 4.48. The number of nitrogens with zero attached hydrogens (tertiary/aromatic N) is 2. The first kappa shape index (κ1) is 22.4. The van der Waals surface area contributed by atoms with Gasteiger partial charge in [0.05, 0.1) is 17.7 Å². The Kier molecular flexibility index (Phi) is 6.18. The van der Waals surface area contributed by atoms with Crippen LogP contribution in [-0.2, 0) is 34.1 Å². The molecule has 0 spiro atoms. The summed E-state index contributed by atoms with van der Waals surface area (Å²) in [5, 5.41) is 0. The van der Waals surface area contributed by atoms with Crippen LogP contribution in [0, 0.1) is 5.92 Å². The van der Waals surface area contributed by atoms with Crippen LogP contribution in [0.5, 0.6) is 5.75 Å². The zero-order chi connectivity index (χ0) is 23.0. The molecular formula is C26H32N2O4S. The highest BCUT2D eigenvalue weighted by Gasteiger charge is 2.36. The molecule has 0 radical (unpaired) electrons. The highest BCUT2D eigenvalue weighted by atomic mass is 32.2. The molecule has 2 aromatic carbocycles. The van der Waals surface area contributed by atoms with E-state index in [-0.39, 0.29) is 11.8 Å². The van der Waals surface area contributed by atoms with E-state index in [0.29, 0.717) is 37.4 Å². The number of carbonyl (C=O) groups excluding carboxylic acids is 1. The molecule has 33 heavy (non-hydrogen) atoms. The van der Waals surface area contributed by atoms with Crippen molar-refractivity contribution in [2.45, 2.75) is 56.3 Å². The number of amides is 1. The number of anilines is 1. The van der Waals surface area contributed by atoms with Crippen LogP contribution in [0.15, 0.2) is 41.3 Å². The molecule has 2 heterocycles.